The Bertz CT molecular complexity index is 487. The monoisotopic (exact) mass is 254 g/mol. The highest BCUT2D eigenvalue weighted by molar-refractivity contribution is 5.49. The Kier molecular flexibility index (Phi) is 3.92. The van der Waals surface area contributed by atoms with Crippen molar-refractivity contribution in [2.45, 2.75) is 24.7 Å². The molecule has 0 saturated heterocycles. The Hall–Kier alpha value is -1.64. The Morgan fingerprint density at radius 1 is 1.05 bits per heavy atom. The predicted octanol–water partition coefficient (Wildman–Crippen LogP) is 3.37. The molecule has 98 valence electrons. The number of hydrogen-bond acceptors (Lipinski definition) is 2. The molecule has 0 fully saturated rings. The van der Waals surface area contributed by atoms with E-state index in [2.05, 4.69) is 42.5 Å². The van der Waals surface area contributed by atoms with E-state index in [0.717, 1.165) is 6.42 Å². The van der Waals surface area contributed by atoms with Gasteiger partial charge in [0.15, 0.2) is 0 Å². The van der Waals surface area contributed by atoms with Crippen LogP contribution in [0.3, 0.4) is 0 Å². The molecule has 0 N–H and O–H groups in total. The van der Waals surface area contributed by atoms with Gasteiger partial charge < -0.3 is 9.47 Å². The second kappa shape index (κ2) is 6.00. The van der Waals surface area contributed by atoms with Crippen LogP contribution in [0.25, 0.3) is 6.08 Å². The van der Waals surface area contributed by atoms with Gasteiger partial charge in [-0.2, -0.15) is 0 Å². The smallest absolute Gasteiger partial charge is 0.103 e. The molecule has 1 aromatic carbocycles. The maximum absolute atomic E-state index is 6.05. The Balaban J connectivity index is 1.69. The van der Waals surface area contributed by atoms with Crippen LogP contribution < -0.4 is 0 Å². The highest BCUT2D eigenvalue weighted by Crippen LogP contribution is 2.21. The van der Waals surface area contributed by atoms with Gasteiger partial charge in [-0.25, -0.2) is 0 Å². The zero-order valence-electron chi connectivity index (χ0n) is 10.8. The van der Waals surface area contributed by atoms with E-state index in [-0.39, 0.29) is 18.3 Å². The average Bonchev–Trinajstić information content (AvgIpc) is 2.68. The van der Waals surface area contributed by atoms with Crippen LogP contribution in [0.15, 0.2) is 60.7 Å². The highest BCUT2D eigenvalue weighted by Gasteiger charge is 2.25. The molecule has 2 heteroatoms. The summed E-state index contributed by atoms with van der Waals surface area (Å²) in [4.78, 5) is 0. The summed E-state index contributed by atoms with van der Waals surface area (Å²) in [6.45, 7) is 0.697. The lowest BCUT2D eigenvalue weighted by molar-refractivity contribution is -0.0536. The fraction of sp³-hybridized carbons (Fsp3) is 0.294. The summed E-state index contributed by atoms with van der Waals surface area (Å²) in [6.07, 6.45) is 13.8. The third kappa shape index (κ3) is 3.22. The van der Waals surface area contributed by atoms with Crippen molar-refractivity contribution in [1.82, 2.24) is 0 Å². The van der Waals surface area contributed by atoms with E-state index in [9.17, 15) is 0 Å². The molecule has 0 spiro atoms. The zero-order valence-corrected chi connectivity index (χ0v) is 10.8. The standard InChI is InChI=1S/C17H18O2/c1-2-6-14(7-3-1)11-12-15-8-4-9-16-17(19-15)10-5-13-18-16/h1-8,10-12,15-17H,9,13H2/b12-11+/t15-,16+,17-/m0/s1. The first kappa shape index (κ1) is 12.4. The Morgan fingerprint density at radius 2 is 1.95 bits per heavy atom. The minimum absolute atomic E-state index is 0.0153. The molecule has 3 atom stereocenters. The first-order valence-corrected chi connectivity index (χ1v) is 6.75. The molecule has 0 aromatic heterocycles. The minimum Gasteiger partial charge on any atom is -0.371 e. The van der Waals surface area contributed by atoms with Crippen molar-refractivity contribution in [1.29, 1.82) is 0 Å². The normalized spacial score (nSPS) is 30.2. The van der Waals surface area contributed by atoms with Crippen LogP contribution in [0.1, 0.15) is 12.0 Å². The van der Waals surface area contributed by atoms with Gasteiger partial charge >= 0.3 is 0 Å². The molecule has 0 amide bonds. The molecule has 2 nitrogen and oxygen atoms in total. The van der Waals surface area contributed by atoms with E-state index in [1.807, 2.05) is 24.3 Å². The maximum Gasteiger partial charge on any atom is 0.103 e. The molecule has 1 aromatic rings. The van der Waals surface area contributed by atoms with Gasteiger partial charge in [-0.1, -0.05) is 66.8 Å². The molecule has 2 heterocycles. The van der Waals surface area contributed by atoms with Crippen molar-refractivity contribution >= 4 is 6.08 Å². The average molecular weight is 254 g/mol. The zero-order chi connectivity index (χ0) is 12.9. The van der Waals surface area contributed by atoms with Crippen LogP contribution in [0.5, 0.6) is 0 Å². The van der Waals surface area contributed by atoms with E-state index in [1.54, 1.807) is 0 Å². The summed E-state index contributed by atoms with van der Waals surface area (Å²) < 4.78 is 11.7. The van der Waals surface area contributed by atoms with Crippen LogP contribution in [0, 0.1) is 0 Å². The molecular formula is C17H18O2. The number of ether oxygens (including phenoxy) is 2. The van der Waals surface area contributed by atoms with Crippen LogP contribution >= 0.6 is 0 Å². The number of fused-ring (bicyclic) bond motifs is 1. The highest BCUT2D eigenvalue weighted by atomic mass is 16.5. The number of hydrogen-bond donors (Lipinski definition) is 0. The predicted molar refractivity (Wildman–Crippen MR) is 76.8 cm³/mol. The van der Waals surface area contributed by atoms with Crippen LogP contribution in [-0.2, 0) is 9.47 Å². The van der Waals surface area contributed by atoms with Gasteiger partial charge in [0.25, 0.3) is 0 Å². The lowest BCUT2D eigenvalue weighted by atomic mass is 10.1. The lowest BCUT2D eigenvalue weighted by Crippen LogP contribution is -2.33. The topological polar surface area (TPSA) is 18.5 Å². The quantitative estimate of drug-likeness (QED) is 0.753. The molecule has 19 heavy (non-hydrogen) atoms. The molecule has 0 bridgehead atoms. The lowest BCUT2D eigenvalue weighted by Gasteiger charge is -2.27. The van der Waals surface area contributed by atoms with E-state index in [0.29, 0.717) is 6.61 Å². The van der Waals surface area contributed by atoms with E-state index in [4.69, 9.17) is 9.47 Å². The van der Waals surface area contributed by atoms with Crippen molar-refractivity contribution in [3.63, 3.8) is 0 Å². The van der Waals surface area contributed by atoms with Crippen molar-refractivity contribution in [2.75, 3.05) is 6.61 Å². The van der Waals surface area contributed by atoms with Gasteiger partial charge in [0.05, 0.1) is 18.8 Å². The fourth-order valence-corrected chi connectivity index (χ4v) is 2.38. The van der Waals surface area contributed by atoms with E-state index < -0.39 is 0 Å². The maximum atomic E-state index is 6.05. The van der Waals surface area contributed by atoms with Crippen molar-refractivity contribution in [2.24, 2.45) is 0 Å². The molecular weight excluding hydrogens is 236 g/mol. The largest absolute Gasteiger partial charge is 0.371 e. The molecule has 0 aliphatic carbocycles. The molecule has 0 radical (unpaired) electrons. The second-order valence-electron chi connectivity index (χ2n) is 4.80. The van der Waals surface area contributed by atoms with Crippen LogP contribution in [-0.4, -0.2) is 24.9 Å². The number of rotatable bonds is 2. The molecule has 3 rings (SSSR count). The molecule has 0 unspecified atom stereocenters. The first-order valence-electron chi connectivity index (χ1n) is 6.75. The fourth-order valence-electron chi connectivity index (χ4n) is 2.38. The third-order valence-electron chi connectivity index (χ3n) is 3.39. The van der Waals surface area contributed by atoms with Crippen molar-refractivity contribution in [3.05, 3.63) is 66.3 Å². The van der Waals surface area contributed by atoms with Gasteiger partial charge in [-0.3, -0.25) is 0 Å². The second-order valence-corrected chi connectivity index (χ2v) is 4.80. The van der Waals surface area contributed by atoms with Gasteiger partial charge in [-0.05, 0) is 12.0 Å². The Labute approximate surface area is 114 Å². The number of benzene rings is 1. The summed E-state index contributed by atoms with van der Waals surface area (Å²) in [5.74, 6) is 0. The molecule has 0 saturated carbocycles. The SMILES string of the molecule is C1=C[C@@H]2O[C@H](/C=C/c3ccccc3)C=CC[C@H]2OC1. The first-order chi connectivity index (χ1) is 9.42. The van der Waals surface area contributed by atoms with Crippen LogP contribution in [0.2, 0.25) is 0 Å². The summed E-state index contributed by atoms with van der Waals surface area (Å²) >= 11 is 0. The van der Waals surface area contributed by atoms with Crippen molar-refractivity contribution < 1.29 is 9.47 Å². The summed E-state index contributed by atoms with van der Waals surface area (Å²) in [5, 5.41) is 0. The van der Waals surface area contributed by atoms with Gasteiger partial charge in [0.2, 0.25) is 0 Å². The summed E-state index contributed by atoms with van der Waals surface area (Å²) in [7, 11) is 0. The third-order valence-corrected chi connectivity index (χ3v) is 3.39. The van der Waals surface area contributed by atoms with Gasteiger partial charge in [0, 0.05) is 0 Å². The Morgan fingerprint density at radius 3 is 2.84 bits per heavy atom. The van der Waals surface area contributed by atoms with E-state index in [1.165, 1.54) is 5.56 Å². The molecule has 2 aliphatic rings. The van der Waals surface area contributed by atoms with Gasteiger partial charge in [-0.15, -0.1) is 0 Å². The minimum atomic E-state index is 0.0153. The van der Waals surface area contributed by atoms with Gasteiger partial charge in [0.1, 0.15) is 6.10 Å². The van der Waals surface area contributed by atoms with E-state index >= 15 is 0 Å². The summed E-state index contributed by atoms with van der Waals surface area (Å²) in [5.41, 5.74) is 1.19. The van der Waals surface area contributed by atoms with Crippen molar-refractivity contribution in [3.8, 4) is 0 Å². The molecule has 2 aliphatic heterocycles. The van der Waals surface area contributed by atoms with Crippen LogP contribution in [0.4, 0.5) is 0 Å². The summed E-state index contributed by atoms with van der Waals surface area (Å²) in [6, 6.07) is 10.3.